The highest BCUT2D eigenvalue weighted by Crippen LogP contribution is 2.38. The van der Waals surface area contributed by atoms with Crippen LogP contribution in [0.15, 0.2) is 36.4 Å². The summed E-state index contributed by atoms with van der Waals surface area (Å²) in [5.74, 6) is -0.487. The van der Waals surface area contributed by atoms with Crippen molar-refractivity contribution in [1.82, 2.24) is 0 Å². The zero-order chi connectivity index (χ0) is 17.4. The molecular weight excluding hydrogens is 395 g/mol. The second-order valence-corrected chi connectivity index (χ2v) is 6.98. The van der Waals surface area contributed by atoms with E-state index in [9.17, 15) is 14.9 Å². The monoisotopic (exact) mass is 400 g/mol. The Labute approximate surface area is 154 Å². The van der Waals surface area contributed by atoms with Crippen LogP contribution in [0.2, 0.25) is 15.1 Å². The standard InChI is InChI=1S/C15H7Cl3N2O3S/c16-9-5-7(20(22)23)6-10(17)13(9)19-15(21)14-12(18)8-3-1-2-4-11(8)24-14/h1-6H,(H,19,21). The van der Waals surface area contributed by atoms with Crippen LogP contribution < -0.4 is 5.32 Å². The van der Waals surface area contributed by atoms with Crippen molar-refractivity contribution in [2.75, 3.05) is 5.32 Å². The van der Waals surface area contributed by atoms with Crippen LogP contribution in [0.4, 0.5) is 11.4 Å². The summed E-state index contributed by atoms with van der Waals surface area (Å²) < 4.78 is 0.869. The van der Waals surface area contributed by atoms with E-state index in [-0.39, 0.29) is 21.4 Å². The van der Waals surface area contributed by atoms with E-state index in [0.29, 0.717) is 9.90 Å². The Hall–Kier alpha value is -1.86. The third kappa shape index (κ3) is 3.06. The molecule has 0 fully saturated rings. The SMILES string of the molecule is O=C(Nc1c(Cl)cc([N+](=O)[O-])cc1Cl)c1sc2ccccc2c1Cl. The second kappa shape index (κ2) is 6.57. The largest absolute Gasteiger partial charge is 0.319 e. The van der Waals surface area contributed by atoms with E-state index in [1.807, 2.05) is 24.3 Å². The van der Waals surface area contributed by atoms with Crippen molar-refractivity contribution in [3.05, 3.63) is 66.5 Å². The molecule has 0 spiro atoms. The number of thiophene rings is 1. The van der Waals surface area contributed by atoms with Gasteiger partial charge in [0.1, 0.15) is 4.88 Å². The number of nitro groups is 1. The summed E-state index contributed by atoms with van der Waals surface area (Å²) in [6, 6.07) is 9.59. The number of halogens is 3. The molecule has 0 saturated heterocycles. The van der Waals surface area contributed by atoms with Crippen molar-refractivity contribution in [3.63, 3.8) is 0 Å². The first kappa shape index (κ1) is 17.0. The van der Waals surface area contributed by atoms with Crippen LogP contribution in [0.3, 0.4) is 0 Å². The number of non-ortho nitro benzene ring substituents is 1. The maximum Gasteiger partial charge on any atom is 0.272 e. The lowest BCUT2D eigenvalue weighted by molar-refractivity contribution is -0.384. The molecule has 0 unspecified atom stereocenters. The molecule has 1 heterocycles. The number of amides is 1. The summed E-state index contributed by atoms with van der Waals surface area (Å²) in [7, 11) is 0. The first-order valence-corrected chi connectivity index (χ1v) is 8.45. The Morgan fingerprint density at radius 2 is 1.75 bits per heavy atom. The molecular formula is C15H7Cl3N2O3S. The fourth-order valence-corrected chi connectivity index (χ4v) is 4.10. The van der Waals surface area contributed by atoms with Crippen LogP contribution in [0.5, 0.6) is 0 Å². The second-order valence-electron chi connectivity index (χ2n) is 4.74. The van der Waals surface area contributed by atoms with E-state index in [0.717, 1.165) is 22.2 Å². The minimum atomic E-state index is -0.619. The Balaban J connectivity index is 1.97. The van der Waals surface area contributed by atoms with Crippen molar-refractivity contribution in [2.24, 2.45) is 0 Å². The minimum absolute atomic E-state index is 0.0280. The maximum atomic E-state index is 12.5. The summed E-state index contributed by atoms with van der Waals surface area (Å²) in [6.45, 7) is 0. The number of nitrogens with zero attached hydrogens (tertiary/aromatic N) is 1. The number of fused-ring (bicyclic) bond motifs is 1. The normalized spacial score (nSPS) is 10.8. The number of nitrogens with one attached hydrogen (secondary N) is 1. The first-order valence-electron chi connectivity index (χ1n) is 6.50. The van der Waals surface area contributed by atoms with Crippen molar-refractivity contribution >= 4 is 73.5 Å². The number of hydrogen-bond donors (Lipinski definition) is 1. The van der Waals surface area contributed by atoms with Gasteiger partial charge in [0, 0.05) is 22.2 Å². The quantitative estimate of drug-likeness (QED) is 0.430. The van der Waals surface area contributed by atoms with Crippen LogP contribution in [0.25, 0.3) is 10.1 Å². The predicted molar refractivity (Wildman–Crippen MR) is 97.9 cm³/mol. The molecule has 24 heavy (non-hydrogen) atoms. The van der Waals surface area contributed by atoms with Gasteiger partial charge in [0.25, 0.3) is 11.6 Å². The van der Waals surface area contributed by atoms with Crippen LogP contribution in [0, 0.1) is 10.1 Å². The minimum Gasteiger partial charge on any atom is -0.319 e. The molecule has 122 valence electrons. The predicted octanol–water partition coefficient (Wildman–Crippen LogP) is 6.02. The number of carbonyl (C=O) groups is 1. The van der Waals surface area contributed by atoms with Gasteiger partial charge >= 0.3 is 0 Å². The van der Waals surface area contributed by atoms with Gasteiger partial charge in [-0.1, -0.05) is 53.0 Å². The van der Waals surface area contributed by atoms with E-state index >= 15 is 0 Å². The third-order valence-corrected chi connectivity index (χ3v) is 5.49. The van der Waals surface area contributed by atoms with Crippen molar-refractivity contribution in [2.45, 2.75) is 0 Å². The average Bonchev–Trinajstić information content (AvgIpc) is 2.88. The number of anilines is 1. The fourth-order valence-electron chi connectivity index (χ4n) is 2.11. The molecule has 0 aliphatic heterocycles. The Bertz CT molecular complexity index is 964. The topological polar surface area (TPSA) is 72.2 Å². The number of nitro benzene ring substituents is 1. The van der Waals surface area contributed by atoms with Crippen LogP contribution in [-0.2, 0) is 0 Å². The molecule has 0 radical (unpaired) electrons. The molecule has 2 aromatic carbocycles. The number of carbonyl (C=O) groups excluding carboxylic acids is 1. The van der Waals surface area contributed by atoms with E-state index in [1.165, 1.54) is 11.3 Å². The van der Waals surface area contributed by atoms with Gasteiger partial charge in [-0.15, -0.1) is 11.3 Å². The molecule has 1 aromatic heterocycles. The lowest BCUT2D eigenvalue weighted by Crippen LogP contribution is -2.11. The van der Waals surface area contributed by atoms with E-state index < -0.39 is 10.8 Å². The highest BCUT2D eigenvalue weighted by Gasteiger charge is 2.21. The van der Waals surface area contributed by atoms with Gasteiger partial charge in [0.15, 0.2) is 0 Å². The zero-order valence-corrected chi connectivity index (χ0v) is 14.8. The van der Waals surface area contributed by atoms with Gasteiger partial charge in [0.2, 0.25) is 0 Å². The average molecular weight is 402 g/mol. The highest BCUT2D eigenvalue weighted by atomic mass is 35.5. The van der Waals surface area contributed by atoms with Crippen LogP contribution >= 0.6 is 46.1 Å². The van der Waals surface area contributed by atoms with E-state index in [2.05, 4.69) is 5.32 Å². The molecule has 3 rings (SSSR count). The Morgan fingerprint density at radius 3 is 2.33 bits per heavy atom. The fraction of sp³-hybridized carbons (Fsp3) is 0. The summed E-state index contributed by atoms with van der Waals surface area (Å²) in [6.07, 6.45) is 0. The molecule has 0 bridgehead atoms. The zero-order valence-electron chi connectivity index (χ0n) is 11.7. The van der Waals surface area contributed by atoms with Crippen molar-refractivity contribution < 1.29 is 9.72 Å². The van der Waals surface area contributed by atoms with Crippen LogP contribution in [0.1, 0.15) is 9.67 Å². The molecule has 1 amide bonds. The summed E-state index contributed by atoms with van der Waals surface area (Å²) in [4.78, 5) is 23.0. The molecule has 0 atom stereocenters. The van der Waals surface area contributed by atoms with Crippen molar-refractivity contribution in [1.29, 1.82) is 0 Å². The van der Waals surface area contributed by atoms with Crippen LogP contribution in [-0.4, -0.2) is 10.8 Å². The van der Waals surface area contributed by atoms with Crippen molar-refractivity contribution in [3.8, 4) is 0 Å². The third-order valence-electron chi connectivity index (χ3n) is 3.22. The molecule has 0 aliphatic rings. The molecule has 1 N–H and O–H groups in total. The maximum absolute atomic E-state index is 12.5. The lowest BCUT2D eigenvalue weighted by atomic mass is 10.2. The molecule has 9 heteroatoms. The molecule has 3 aromatic rings. The van der Waals surface area contributed by atoms with E-state index in [1.54, 1.807) is 0 Å². The summed E-state index contributed by atoms with van der Waals surface area (Å²) >= 11 is 19.5. The summed E-state index contributed by atoms with van der Waals surface area (Å²) in [5, 5.41) is 14.4. The Morgan fingerprint density at radius 1 is 1.12 bits per heavy atom. The number of benzene rings is 2. The van der Waals surface area contributed by atoms with E-state index in [4.69, 9.17) is 34.8 Å². The number of hydrogen-bond acceptors (Lipinski definition) is 4. The number of rotatable bonds is 3. The molecule has 0 aliphatic carbocycles. The van der Waals surface area contributed by atoms with Gasteiger partial charge in [-0.05, 0) is 6.07 Å². The lowest BCUT2D eigenvalue weighted by Gasteiger charge is -2.08. The highest BCUT2D eigenvalue weighted by molar-refractivity contribution is 7.21. The molecule has 0 saturated carbocycles. The van der Waals surface area contributed by atoms with Gasteiger partial charge in [0.05, 0.1) is 25.7 Å². The van der Waals surface area contributed by atoms with Gasteiger partial charge in [-0.25, -0.2) is 0 Å². The summed E-state index contributed by atoms with van der Waals surface area (Å²) in [5.41, 5.74) is -0.162. The first-order chi connectivity index (χ1) is 11.4. The molecule has 5 nitrogen and oxygen atoms in total. The van der Waals surface area contributed by atoms with Gasteiger partial charge < -0.3 is 5.32 Å². The van der Waals surface area contributed by atoms with Gasteiger partial charge in [-0.3, -0.25) is 14.9 Å². The Kier molecular flexibility index (Phi) is 4.64. The smallest absolute Gasteiger partial charge is 0.272 e. The van der Waals surface area contributed by atoms with Gasteiger partial charge in [-0.2, -0.15) is 0 Å².